The van der Waals surface area contributed by atoms with Crippen LogP contribution in [0.25, 0.3) is 22.1 Å². The van der Waals surface area contributed by atoms with E-state index in [4.69, 9.17) is 9.72 Å². The first-order valence-electron chi connectivity index (χ1n) is 14.9. The molecule has 0 saturated heterocycles. The topological polar surface area (TPSA) is 132 Å². The largest absolute Gasteiger partial charge is 0.441 e. The van der Waals surface area contributed by atoms with Crippen molar-refractivity contribution in [1.29, 1.82) is 5.26 Å². The maximum Gasteiger partial charge on any atom is 0.407 e. The number of pyridine rings is 1. The monoisotopic (exact) mass is 588 g/mol. The normalized spacial score (nSPS) is 20.0. The van der Waals surface area contributed by atoms with Crippen LogP contribution in [0.15, 0.2) is 53.7 Å². The second-order valence-corrected chi connectivity index (χ2v) is 13.4. The van der Waals surface area contributed by atoms with Crippen LogP contribution in [0.4, 0.5) is 4.79 Å². The Labute approximate surface area is 245 Å². The molecule has 0 unspecified atom stereocenters. The number of imidazole rings is 1. The molecule has 2 aliphatic rings. The Morgan fingerprint density at radius 2 is 1.79 bits per heavy atom. The number of amides is 1. The van der Waals surface area contributed by atoms with E-state index in [1.807, 2.05) is 0 Å². The number of rotatable bonds is 8. The Bertz CT molecular complexity index is 1710. The Morgan fingerprint density at radius 3 is 2.52 bits per heavy atom. The number of nitriles is 1. The quantitative estimate of drug-likeness (QED) is 0.264. The van der Waals surface area contributed by atoms with Gasteiger partial charge < -0.3 is 14.6 Å². The summed E-state index contributed by atoms with van der Waals surface area (Å²) < 4.78 is 36.0. The summed E-state index contributed by atoms with van der Waals surface area (Å²) in [6.45, 7) is 0.611. The van der Waals surface area contributed by atoms with Crippen LogP contribution in [0.3, 0.4) is 0 Å². The lowest BCUT2D eigenvalue weighted by Crippen LogP contribution is -2.31. The highest BCUT2D eigenvalue weighted by Crippen LogP contribution is 2.38. The van der Waals surface area contributed by atoms with Crippen molar-refractivity contribution in [2.75, 3.05) is 6.54 Å². The Morgan fingerprint density at radius 1 is 1.02 bits per heavy atom. The molecule has 2 aliphatic carbocycles. The molecule has 10 nitrogen and oxygen atoms in total. The number of hydrogen-bond acceptors (Lipinski definition) is 7. The number of fused-ring (bicyclic) bond motifs is 3. The van der Waals surface area contributed by atoms with E-state index in [9.17, 15) is 18.5 Å². The molecule has 0 radical (unpaired) electrons. The molecule has 1 aromatic carbocycles. The highest BCUT2D eigenvalue weighted by Gasteiger charge is 2.29. The third-order valence-electron chi connectivity index (χ3n) is 8.86. The molecule has 2 saturated carbocycles. The number of hydrogen-bond donors (Lipinski definition) is 1. The van der Waals surface area contributed by atoms with Gasteiger partial charge in [-0.15, -0.1) is 0 Å². The number of carbonyl (C=O) groups is 1. The Balaban J connectivity index is 1.33. The van der Waals surface area contributed by atoms with E-state index in [0.29, 0.717) is 47.2 Å². The molecule has 42 heavy (non-hydrogen) atoms. The lowest BCUT2D eigenvalue weighted by atomic mass is 9.84. The fourth-order valence-electron chi connectivity index (χ4n) is 6.63. The summed E-state index contributed by atoms with van der Waals surface area (Å²) in [5.74, 6) is 1.47. The van der Waals surface area contributed by atoms with E-state index in [-0.39, 0.29) is 17.5 Å². The zero-order chi connectivity index (χ0) is 29.1. The van der Waals surface area contributed by atoms with Gasteiger partial charge in [-0.25, -0.2) is 27.2 Å². The fraction of sp³-hybridized carbons (Fsp3) is 0.484. The van der Waals surface area contributed by atoms with E-state index in [0.717, 1.165) is 44.0 Å². The second kappa shape index (κ2) is 12.1. The van der Waals surface area contributed by atoms with Crippen LogP contribution in [0.2, 0.25) is 0 Å². The second-order valence-electron chi connectivity index (χ2n) is 11.6. The van der Waals surface area contributed by atoms with Gasteiger partial charge >= 0.3 is 6.09 Å². The van der Waals surface area contributed by atoms with Gasteiger partial charge in [0, 0.05) is 30.6 Å². The maximum atomic E-state index is 13.5. The zero-order valence-electron chi connectivity index (χ0n) is 23.6. The van der Waals surface area contributed by atoms with Crippen LogP contribution >= 0.6 is 0 Å². The minimum atomic E-state index is -3.86. The van der Waals surface area contributed by atoms with Crippen molar-refractivity contribution in [3.63, 3.8) is 0 Å². The molecule has 6 rings (SSSR count). The highest BCUT2D eigenvalue weighted by molar-refractivity contribution is 7.90. The smallest absolute Gasteiger partial charge is 0.407 e. The minimum absolute atomic E-state index is 0.00613. The summed E-state index contributed by atoms with van der Waals surface area (Å²) in [6.07, 6.45) is 12.7. The maximum absolute atomic E-state index is 13.5. The summed E-state index contributed by atoms with van der Waals surface area (Å²) in [7, 11) is -3.86. The standard InChI is InChI=1S/C31H36N6O4S/c32-17-15-22-11-13-24(14-12-22)37-28(21-41-31(38)34-19-23-7-3-1-4-8-23)35-27-20-33-30-26(29(27)37)16-18-36(30)42(39,40)25-9-5-2-6-10-25/h2,5-6,9-10,16,18,20,22-24H,1,3-4,7-8,11-15,19,21H2,(H,34,38). The number of ether oxygens (including phenoxy) is 1. The third-order valence-corrected chi connectivity index (χ3v) is 10.5. The lowest BCUT2D eigenvalue weighted by molar-refractivity contribution is 0.131. The van der Waals surface area contributed by atoms with Gasteiger partial charge in [0.05, 0.1) is 22.7 Å². The molecule has 0 spiro atoms. The highest BCUT2D eigenvalue weighted by atomic mass is 32.2. The molecule has 1 amide bonds. The summed E-state index contributed by atoms with van der Waals surface area (Å²) >= 11 is 0. The van der Waals surface area contributed by atoms with Gasteiger partial charge in [0.25, 0.3) is 10.0 Å². The van der Waals surface area contributed by atoms with Gasteiger partial charge in [0.2, 0.25) is 0 Å². The molecule has 3 aromatic heterocycles. The van der Waals surface area contributed by atoms with Crippen molar-refractivity contribution in [3.8, 4) is 6.07 Å². The summed E-state index contributed by atoms with van der Waals surface area (Å²) in [4.78, 5) is 22.2. The Hall–Kier alpha value is -3.91. The van der Waals surface area contributed by atoms with E-state index >= 15 is 0 Å². The van der Waals surface area contributed by atoms with Gasteiger partial charge in [-0.05, 0) is 68.6 Å². The van der Waals surface area contributed by atoms with Crippen LogP contribution in [0.5, 0.6) is 0 Å². The van der Waals surface area contributed by atoms with E-state index in [2.05, 4.69) is 20.9 Å². The van der Waals surface area contributed by atoms with Gasteiger partial charge in [-0.1, -0.05) is 37.5 Å². The molecule has 3 heterocycles. The third kappa shape index (κ3) is 5.60. The molecule has 4 aromatic rings. The molecule has 0 aliphatic heterocycles. The van der Waals surface area contributed by atoms with Crippen molar-refractivity contribution >= 4 is 38.2 Å². The van der Waals surface area contributed by atoms with E-state index in [1.54, 1.807) is 42.6 Å². The molecule has 220 valence electrons. The number of nitrogens with zero attached hydrogens (tertiary/aromatic N) is 5. The van der Waals surface area contributed by atoms with Crippen LogP contribution in [-0.4, -0.2) is 39.6 Å². The average Bonchev–Trinajstić information content (AvgIpc) is 3.62. The lowest BCUT2D eigenvalue weighted by Gasteiger charge is -2.30. The first kappa shape index (κ1) is 28.2. The van der Waals surface area contributed by atoms with Gasteiger partial charge in [0.15, 0.2) is 12.3 Å². The van der Waals surface area contributed by atoms with Crippen molar-refractivity contribution < 1.29 is 17.9 Å². The molecule has 0 atom stereocenters. The molecular weight excluding hydrogens is 552 g/mol. The van der Waals surface area contributed by atoms with Crippen molar-refractivity contribution in [2.24, 2.45) is 11.8 Å². The predicted molar refractivity (Wildman–Crippen MR) is 158 cm³/mol. The molecule has 1 N–H and O–H groups in total. The first-order valence-corrected chi connectivity index (χ1v) is 16.3. The number of benzene rings is 1. The van der Waals surface area contributed by atoms with Crippen LogP contribution in [0.1, 0.15) is 76.1 Å². The first-order chi connectivity index (χ1) is 20.5. The van der Waals surface area contributed by atoms with Crippen LogP contribution < -0.4 is 5.32 Å². The summed E-state index contributed by atoms with van der Waals surface area (Å²) in [5.41, 5.74) is 1.73. The van der Waals surface area contributed by atoms with E-state index in [1.165, 1.54) is 29.4 Å². The van der Waals surface area contributed by atoms with Crippen molar-refractivity contribution in [3.05, 3.63) is 54.6 Å². The molecule has 2 fully saturated rings. The SMILES string of the molecule is N#CCC1CCC(n2c(COC(=O)NCC3CCCCC3)nc3cnc4c(ccn4S(=O)(=O)c4ccccc4)c32)CC1. The summed E-state index contributed by atoms with van der Waals surface area (Å²) in [5, 5.41) is 12.8. The number of aromatic nitrogens is 4. The molecule has 0 bridgehead atoms. The van der Waals surface area contributed by atoms with Gasteiger partial charge in [0.1, 0.15) is 11.3 Å². The van der Waals surface area contributed by atoms with Gasteiger partial charge in [-0.2, -0.15) is 5.26 Å². The van der Waals surface area contributed by atoms with Gasteiger partial charge in [-0.3, -0.25) is 0 Å². The predicted octanol–water partition coefficient (Wildman–Crippen LogP) is 6.07. The summed E-state index contributed by atoms with van der Waals surface area (Å²) in [6, 6.07) is 12.4. The van der Waals surface area contributed by atoms with Crippen LogP contribution in [0, 0.1) is 23.2 Å². The minimum Gasteiger partial charge on any atom is -0.441 e. The number of carbonyl (C=O) groups excluding carboxylic acids is 1. The van der Waals surface area contributed by atoms with E-state index < -0.39 is 16.1 Å². The Kier molecular flexibility index (Phi) is 8.16. The zero-order valence-corrected chi connectivity index (χ0v) is 24.4. The molecular formula is C31H36N6O4S. The fourth-order valence-corrected chi connectivity index (χ4v) is 7.95. The van der Waals surface area contributed by atoms with Crippen LogP contribution in [-0.2, 0) is 21.4 Å². The van der Waals surface area contributed by atoms with Crippen molar-refractivity contribution in [2.45, 2.75) is 81.8 Å². The number of nitrogens with one attached hydrogen (secondary N) is 1. The molecule has 11 heteroatoms. The van der Waals surface area contributed by atoms with Crippen molar-refractivity contribution in [1.82, 2.24) is 23.8 Å². The number of alkyl carbamates (subject to hydrolysis) is 1. The average molecular weight is 589 g/mol.